The van der Waals surface area contributed by atoms with Crippen LogP contribution < -0.4 is 4.90 Å². The van der Waals surface area contributed by atoms with Gasteiger partial charge in [-0.05, 0) is 42.5 Å². The zero-order valence-electron chi connectivity index (χ0n) is 16.2. The third-order valence-corrected chi connectivity index (χ3v) is 7.16. The lowest BCUT2D eigenvalue weighted by Crippen LogP contribution is -2.32. The molecule has 3 aromatic carbocycles. The average Bonchev–Trinajstić information content (AvgIpc) is 2.75. The van der Waals surface area contributed by atoms with E-state index in [0.717, 1.165) is 22.1 Å². The molecule has 0 spiro atoms. The first-order valence-electron chi connectivity index (χ1n) is 9.11. The Morgan fingerprint density at radius 2 is 1.55 bits per heavy atom. The number of halogens is 1. The van der Waals surface area contributed by atoms with Crippen molar-refractivity contribution in [2.45, 2.75) is 14.7 Å². The van der Waals surface area contributed by atoms with Crippen molar-refractivity contribution in [2.24, 2.45) is 0 Å². The molecular formula is C22H16ClNO5S2. The molecule has 0 bridgehead atoms. The number of carbonyl (C=O) groups excluding carboxylic acids is 2. The van der Waals surface area contributed by atoms with Gasteiger partial charge >= 0.3 is 5.97 Å². The lowest BCUT2D eigenvalue weighted by atomic mass is 10.2. The maximum Gasteiger partial charge on any atom is 0.340 e. The van der Waals surface area contributed by atoms with E-state index >= 15 is 0 Å². The lowest BCUT2D eigenvalue weighted by Gasteiger charge is -2.30. The minimum Gasteiger partial charge on any atom is -0.452 e. The number of anilines is 2. The van der Waals surface area contributed by atoms with E-state index in [4.69, 9.17) is 16.3 Å². The zero-order valence-corrected chi connectivity index (χ0v) is 18.6. The van der Waals surface area contributed by atoms with Gasteiger partial charge in [0.25, 0.3) is 5.91 Å². The van der Waals surface area contributed by atoms with Crippen LogP contribution in [0.3, 0.4) is 0 Å². The number of esters is 1. The summed E-state index contributed by atoms with van der Waals surface area (Å²) in [5, 5.41) is 0.0370. The van der Waals surface area contributed by atoms with E-state index in [0.29, 0.717) is 11.4 Å². The van der Waals surface area contributed by atoms with Crippen LogP contribution in [0.1, 0.15) is 10.4 Å². The third kappa shape index (κ3) is 4.32. The second-order valence-corrected chi connectivity index (χ2v) is 10.3. The van der Waals surface area contributed by atoms with Crippen LogP contribution >= 0.6 is 23.4 Å². The van der Waals surface area contributed by atoms with E-state index < -0.39 is 28.3 Å². The molecule has 1 aliphatic rings. The zero-order chi connectivity index (χ0) is 22.2. The van der Waals surface area contributed by atoms with Crippen molar-refractivity contribution >= 4 is 56.5 Å². The van der Waals surface area contributed by atoms with Gasteiger partial charge in [0, 0.05) is 16.0 Å². The number of para-hydroxylation sites is 2. The second kappa shape index (κ2) is 8.37. The molecule has 9 heteroatoms. The molecule has 4 rings (SSSR count). The molecule has 3 aromatic rings. The van der Waals surface area contributed by atoms with E-state index in [-0.39, 0.29) is 15.5 Å². The smallest absolute Gasteiger partial charge is 0.340 e. The molecule has 1 heterocycles. The highest BCUT2D eigenvalue weighted by Gasteiger charge is 2.29. The third-order valence-electron chi connectivity index (χ3n) is 4.59. The summed E-state index contributed by atoms with van der Waals surface area (Å²) in [4.78, 5) is 28.9. The Hall–Kier alpha value is -2.81. The summed E-state index contributed by atoms with van der Waals surface area (Å²) in [6, 6.07) is 18.7. The number of benzene rings is 3. The quantitative estimate of drug-likeness (QED) is 0.509. The topological polar surface area (TPSA) is 80.7 Å². The van der Waals surface area contributed by atoms with Crippen molar-refractivity contribution in [3.05, 3.63) is 77.3 Å². The molecule has 0 unspecified atom stereocenters. The van der Waals surface area contributed by atoms with Gasteiger partial charge in [0.2, 0.25) is 0 Å². The molecule has 158 valence electrons. The van der Waals surface area contributed by atoms with Gasteiger partial charge in [-0.3, -0.25) is 9.69 Å². The van der Waals surface area contributed by atoms with Gasteiger partial charge in [0.1, 0.15) is 0 Å². The first-order chi connectivity index (χ1) is 14.8. The van der Waals surface area contributed by atoms with Crippen LogP contribution in [0.4, 0.5) is 11.4 Å². The van der Waals surface area contributed by atoms with Crippen molar-refractivity contribution in [1.29, 1.82) is 0 Å². The molecule has 0 N–H and O–H groups in total. The number of hydrogen-bond donors (Lipinski definition) is 0. The fourth-order valence-electron chi connectivity index (χ4n) is 3.13. The largest absolute Gasteiger partial charge is 0.452 e. The minimum atomic E-state index is -3.53. The maximum absolute atomic E-state index is 13.1. The van der Waals surface area contributed by atoms with E-state index in [2.05, 4.69) is 0 Å². The van der Waals surface area contributed by atoms with Gasteiger partial charge < -0.3 is 4.74 Å². The Bertz CT molecular complexity index is 1260. The summed E-state index contributed by atoms with van der Waals surface area (Å²) in [6.45, 7) is -0.536. The highest BCUT2D eigenvalue weighted by Crippen LogP contribution is 2.47. The number of ether oxygens (including phenoxy) is 1. The number of fused-ring (bicyclic) bond motifs is 2. The molecule has 0 atom stereocenters. The van der Waals surface area contributed by atoms with Gasteiger partial charge in [0.05, 0.1) is 26.9 Å². The molecular weight excluding hydrogens is 458 g/mol. The summed E-state index contributed by atoms with van der Waals surface area (Å²) in [6.07, 6.45) is 1.03. The molecule has 0 saturated carbocycles. The first-order valence-corrected chi connectivity index (χ1v) is 12.2. The summed E-state index contributed by atoms with van der Waals surface area (Å²) < 4.78 is 28.7. The van der Waals surface area contributed by atoms with Crippen molar-refractivity contribution in [1.82, 2.24) is 0 Å². The highest BCUT2D eigenvalue weighted by molar-refractivity contribution is 7.99. The van der Waals surface area contributed by atoms with Crippen molar-refractivity contribution in [2.75, 3.05) is 17.8 Å². The number of hydrogen-bond acceptors (Lipinski definition) is 6. The van der Waals surface area contributed by atoms with E-state index in [1.54, 1.807) is 11.8 Å². The highest BCUT2D eigenvalue weighted by atomic mass is 35.5. The Labute approximate surface area is 188 Å². The molecule has 0 aromatic heterocycles. The number of sulfone groups is 1. The first kappa shape index (κ1) is 21.4. The van der Waals surface area contributed by atoms with Crippen molar-refractivity contribution in [3.63, 3.8) is 0 Å². The number of rotatable bonds is 4. The predicted octanol–water partition coefficient (Wildman–Crippen LogP) is 4.73. The molecule has 0 aliphatic carbocycles. The number of carbonyl (C=O) groups is 2. The molecule has 0 fully saturated rings. The maximum atomic E-state index is 13.1. The van der Waals surface area contributed by atoms with Gasteiger partial charge in [-0.15, -0.1) is 0 Å². The van der Waals surface area contributed by atoms with E-state index in [1.165, 1.54) is 17.0 Å². The van der Waals surface area contributed by atoms with E-state index in [9.17, 15) is 18.0 Å². The molecule has 6 nitrogen and oxygen atoms in total. The number of nitrogens with zero attached hydrogens (tertiary/aromatic N) is 1. The standard InChI is InChI=1S/C22H16ClNO5S2/c1-31(27,28)14-10-11-16(23)15(12-14)22(26)29-13-21(25)24-17-6-2-4-8-19(17)30-20-9-5-3-7-18(20)24/h2-12H,13H2,1H3. The van der Waals surface area contributed by atoms with Gasteiger partial charge in [-0.2, -0.15) is 0 Å². The lowest BCUT2D eigenvalue weighted by molar-refractivity contribution is -0.121. The van der Waals surface area contributed by atoms with Crippen molar-refractivity contribution in [3.8, 4) is 0 Å². The SMILES string of the molecule is CS(=O)(=O)c1ccc(Cl)c(C(=O)OCC(=O)N2c3ccccc3Sc3ccccc32)c1. The van der Waals surface area contributed by atoms with Crippen LogP contribution in [0, 0.1) is 0 Å². The molecule has 0 saturated heterocycles. The minimum absolute atomic E-state index is 0.0370. The Balaban J connectivity index is 1.59. The number of amides is 1. The summed E-state index contributed by atoms with van der Waals surface area (Å²) in [5.41, 5.74) is 1.28. The normalized spacial score (nSPS) is 12.6. The van der Waals surface area contributed by atoms with Gasteiger partial charge in [0.15, 0.2) is 16.4 Å². The van der Waals surface area contributed by atoms with Crippen LogP contribution in [0.15, 0.2) is 81.4 Å². The Kier molecular flexibility index (Phi) is 5.79. The molecule has 31 heavy (non-hydrogen) atoms. The van der Waals surface area contributed by atoms with Gasteiger partial charge in [-0.25, -0.2) is 13.2 Å². The van der Waals surface area contributed by atoms with Crippen LogP contribution in [0.25, 0.3) is 0 Å². The van der Waals surface area contributed by atoms with Crippen LogP contribution in [0.5, 0.6) is 0 Å². The second-order valence-electron chi connectivity index (χ2n) is 6.76. The summed E-state index contributed by atoms with van der Waals surface area (Å²) in [7, 11) is -3.53. The van der Waals surface area contributed by atoms with Gasteiger partial charge in [-0.1, -0.05) is 47.6 Å². The van der Waals surface area contributed by atoms with E-state index in [1.807, 2.05) is 48.5 Å². The Morgan fingerprint density at radius 1 is 0.968 bits per heavy atom. The van der Waals surface area contributed by atoms with Crippen LogP contribution in [-0.2, 0) is 19.4 Å². The fraction of sp³-hybridized carbons (Fsp3) is 0.0909. The summed E-state index contributed by atoms with van der Waals surface area (Å²) >= 11 is 7.60. The molecule has 0 radical (unpaired) electrons. The fourth-order valence-corrected chi connectivity index (χ4v) is 5.03. The van der Waals surface area contributed by atoms with Crippen molar-refractivity contribution < 1.29 is 22.7 Å². The van der Waals surface area contributed by atoms with Crippen LogP contribution in [-0.4, -0.2) is 33.2 Å². The average molecular weight is 474 g/mol. The predicted molar refractivity (Wildman–Crippen MR) is 119 cm³/mol. The molecule has 1 aliphatic heterocycles. The van der Waals surface area contributed by atoms with Crippen LogP contribution in [0.2, 0.25) is 5.02 Å². The monoisotopic (exact) mass is 473 g/mol. The Morgan fingerprint density at radius 3 is 2.13 bits per heavy atom. The molecule has 1 amide bonds. The summed E-state index contributed by atoms with van der Waals surface area (Å²) in [5.74, 6) is -1.32.